The number of benzene rings is 1. The molecule has 7 heteroatoms. The van der Waals surface area contributed by atoms with Gasteiger partial charge in [-0.15, -0.1) is 5.10 Å². The van der Waals surface area contributed by atoms with Gasteiger partial charge in [0.25, 0.3) is 0 Å². The Morgan fingerprint density at radius 1 is 1.00 bits per heavy atom. The van der Waals surface area contributed by atoms with Gasteiger partial charge in [0.05, 0.1) is 25.5 Å². The SMILES string of the molecule is COc1ncccc1CN1C[C@H]2C[C@@H](n3cc(-c4ccccc4)nn3)[C@H](OC)C[C@H]2C1. The number of nitrogens with zero attached hydrogens (tertiary/aromatic N) is 5. The van der Waals surface area contributed by atoms with Crippen molar-refractivity contribution in [1.82, 2.24) is 24.9 Å². The van der Waals surface area contributed by atoms with Crippen molar-refractivity contribution in [1.29, 1.82) is 0 Å². The van der Waals surface area contributed by atoms with Gasteiger partial charge in [-0.2, -0.15) is 0 Å². The van der Waals surface area contributed by atoms with Crippen LogP contribution in [-0.2, 0) is 11.3 Å². The zero-order valence-electron chi connectivity index (χ0n) is 18.1. The van der Waals surface area contributed by atoms with Crippen LogP contribution in [0, 0.1) is 11.8 Å². The van der Waals surface area contributed by atoms with Gasteiger partial charge in [-0.1, -0.05) is 41.6 Å². The standard InChI is InChI=1S/C24H29N5O2/c1-30-23-12-20-15-28(13-18-9-6-10-25-24(18)31-2)14-19(20)11-22(23)29-16-21(26-27-29)17-7-4-3-5-8-17/h3-10,16,19-20,22-23H,11-15H2,1-2H3/t19-,20+,22-,23-/m1/s1. The quantitative estimate of drug-likeness (QED) is 0.610. The molecule has 5 rings (SSSR count). The van der Waals surface area contributed by atoms with Crippen molar-refractivity contribution in [3.63, 3.8) is 0 Å². The third-order valence-corrected chi connectivity index (χ3v) is 6.82. The Kier molecular flexibility index (Phi) is 5.70. The Hall–Kier alpha value is -2.77. The highest BCUT2D eigenvalue weighted by molar-refractivity contribution is 5.57. The highest BCUT2D eigenvalue weighted by Crippen LogP contribution is 2.43. The van der Waals surface area contributed by atoms with E-state index in [-0.39, 0.29) is 12.1 Å². The van der Waals surface area contributed by atoms with Crippen LogP contribution in [0.2, 0.25) is 0 Å². The smallest absolute Gasteiger partial charge is 0.217 e. The normalized spacial score (nSPS) is 26.0. The first-order valence-corrected chi connectivity index (χ1v) is 11.0. The molecule has 0 N–H and O–H groups in total. The number of methoxy groups -OCH3 is 2. The van der Waals surface area contributed by atoms with E-state index in [0.717, 1.165) is 55.2 Å². The zero-order valence-corrected chi connectivity index (χ0v) is 18.1. The van der Waals surface area contributed by atoms with Gasteiger partial charge in [-0.3, -0.25) is 4.90 Å². The van der Waals surface area contributed by atoms with Gasteiger partial charge < -0.3 is 9.47 Å². The van der Waals surface area contributed by atoms with Crippen LogP contribution in [0.15, 0.2) is 54.9 Å². The highest BCUT2D eigenvalue weighted by Gasteiger charge is 2.43. The molecule has 2 aliphatic rings. The predicted octanol–water partition coefficient (Wildman–Crippen LogP) is 3.45. The lowest BCUT2D eigenvalue weighted by Crippen LogP contribution is -2.37. The number of aromatic nitrogens is 4. The van der Waals surface area contributed by atoms with Crippen LogP contribution in [0.5, 0.6) is 5.88 Å². The minimum atomic E-state index is 0.152. The molecule has 31 heavy (non-hydrogen) atoms. The van der Waals surface area contributed by atoms with Gasteiger partial charge in [-0.05, 0) is 30.7 Å². The van der Waals surface area contributed by atoms with Crippen molar-refractivity contribution in [3.05, 3.63) is 60.4 Å². The molecule has 0 spiro atoms. The van der Waals surface area contributed by atoms with Gasteiger partial charge in [0.1, 0.15) is 5.69 Å². The fraction of sp³-hybridized carbons (Fsp3) is 0.458. The molecule has 1 aliphatic carbocycles. The maximum absolute atomic E-state index is 5.93. The molecule has 1 aromatic carbocycles. The molecule has 0 unspecified atom stereocenters. The van der Waals surface area contributed by atoms with E-state index in [4.69, 9.17) is 9.47 Å². The van der Waals surface area contributed by atoms with Crippen LogP contribution in [0.3, 0.4) is 0 Å². The van der Waals surface area contributed by atoms with E-state index in [1.54, 1.807) is 13.3 Å². The van der Waals surface area contributed by atoms with Gasteiger partial charge in [0.15, 0.2) is 0 Å². The molecule has 1 saturated carbocycles. The molecule has 7 nitrogen and oxygen atoms in total. The molecule has 1 aliphatic heterocycles. The van der Waals surface area contributed by atoms with E-state index < -0.39 is 0 Å². The summed E-state index contributed by atoms with van der Waals surface area (Å²) in [6, 6.07) is 14.5. The Morgan fingerprint density at radius 3 is 2.58 bits per heavy atom. The second-order valence-corrected chi connectivity index (χ2v) is 8.65. The molecular formula is C24H29N5O2. The lowest BCUT2D eigenvalue weighted by molar-refractivity contribution is -0.00545. The third kappa shape index (κ3) is 4.07. The average molecular weight is 420 g/mol. The topological polar surface area (TPSA) is 65.3 Å². The Balaban J connectivity index is 1.30. The molecule has 0 amide bonds. The highest BCUT2D eigenvalue weighted by atomic mass is 16.5. The van der Waals surface area contributed by atoms with Crippen molar-refractivity contribution in [2.45, 2.75) is 31.5 Å². The number of hydrogen-bond donors (Lipinski definition) is 0. The minimum Gasteiger partial charge on any atom is -0.481 e. The van der Waals surface area contributed by atoms with Crippen LogP contribution in [0.4, 0.5) is 0 Å². The van der Waals surface area contributed by atoms with E-state index in [2.05, 4.69) is 44.6 Å². The molecule has 2 fully saturated rings. The van der Waals surface area contributed by atoms with Crippen molar-refractivity contribution < 1.29 is 9.47 Å². The first-order chi connectivity index (χ1) is 15.2. The summed E-state index contributed by atoms with van der Waals surface area (Å²) in [4.78, 5) is 6.88. The summed E-state index contributed by atoms with van der Waals surface area (Å²) in [6.07, 6.45) is 6.11. The van der Waals surface area contributed by atoms with Gasteiger partial charge in [0.2, 0.25) is 5.88 Å². The van der Waals surface area contributed by atoms with Crippen LogP contribution in [0.25, 0.3) is 11.3 Å². The van der Waals surface area contributed by atoms with Gasteiger partial charge in [-0.25, -0.2) is 9.67 Å². The zero-order chi connectivity index (χ0) is 21.2. The molecular weight excluding hydrogens is 390 g/mol. The summed E-state index contributed by atoms with van der Waals surface area (Å²) >= 11 is 0. The van der Waals surface area contributed by atoms with Crippen LogP contribution >= 0.6 is 0 Å². The molecule has 1 saturated heterocycles. The van der Waals surface area contributed by atoms with Crippen molar-refractivity contribution >= 4 is 0 Å². The lowest BCUT2D eigenvalue weighted by Gasteiger charge is -2.37. The number of ether oxygens (including phenoxy) is 2. The van der Waals surface area contributed by atoms with Crippen LogP contribution in [0.1, 0.15) is 24.4 Å². The van der Waals surface area contributed by atoms with E-state index in [9.17, 15) is 0 Å². The van der Waals surface area contributed by atoms with E-state index >= 15 is 0 Å². The minimum absolute atomic E-state index is 0.152. The first kappa shape index (κ1) is 20.2. The fourth-order valence-electron chi connectivity index (χ4n) is 5.30. The van der Waals surface area contributed by atoms with Crippen molar-refractivity contribution in [3.8, 4) is 17.1 Å². The molecule has 0 bridgehead atoms. The molecule has 0 radical (unpaired) electrons. The summed E-state index contributed by atoms with van der Waals surface area (Å²) in [5.74, 6) is 1.99. The number of likely N-dealkylation sites (tertiary alicyclic amines) is 1. The maximum atomic E-state index is 5.93. The lowest BCUT2D eigenvalue weighted by atomic mass is 9.77. The maximum Gasteiger partial charge on any atom is 0.217 e. The molecule has 4 atom stereocenters. The third-order valence-electron chi connectivity index (χ3n) is 6.82. The summed E-state index contributed by atoms with van der Waals surface area (Å²) in [6.45, 7) is 3.03. The summed E-state index contributed by atoms with van der Waals surface area (Å²) in [5, 5.41) is 8.92. The first-order valence-electron chi connectivity index (χ1n) is 11.0. The summed E-state index contributed by atoms with van der Waals surface area (Å²) in [7, 11) is 3.51. The second kappa shape index (κ2) is 8.77. The molecule has 3 aromatic rings. The Bertz CT molecular complexity index is 1010. The van der Waals surface area contributed by atoms with E-state index in [1.807, 2.05) is 36.1 Å². The van der Waals surface area contributed by atoms with Crippen molar-refractivity contribution in [2.75, 3.05) is 27.3 Å². The predicted molar refractivity (Wildman–Crippen MR) is 118 cm³/mol. The summed E-state index contributed by atoms with van der Waals surface area (Å²) in [5.41, 5.74) is 3.15. The Labute approximate surface area is 183 Å². The largest absolute Gasteiger partial charge is 0.481 e. The number of pyridine rings is 1. The summed E-state index contributed by atoms with van der Waals surface area (Å²) < 4.78 is 13.4. The second-order valence-electron chi connectivity index (χ2n) is 8.65. The van der Waals surface area contributed by atoms with Gasteiger partial charge >= 0.3 is 0 Å². The van der Waals surface area contributed by atoms with E-state index in [0.29, 0.717) is 11.8 Å². The Morgan fingerprint density at radius 2 is 1.81 bits per heavy atom. The van der Waals surface area contributed by atoms with Gasteiger partial charge in [0, 0.05) is 44.1 Å². The number of fused-ring (bicyclic) bond motifs is 1. The average Bonchev–Trinajstić information content (AvgIpc) is 3.45. The van der Waals surface area contributed by atoms with Crippen LogP contribution in [-0.4, -0.2) is 58.3 Å². The number of rotatable bonds is 6. The number of hydrogen-bond acceptors (Lipinski definition) is 6. The molecule has 2 aromatic heterocycles. The molecule has 162 valence electrons. The molecule has 3 heterocycles. The fourth-order valence-corrected chi connectivity index (χ4v) is 5.30. The monoisotopic (exact) mass is 419 g/mol. The van der Waals surface area contributed by atoms with E-state index in [1.165, 1.54) is 0 Å². The van der Waals surface area contributed by atoms with Crippen LogP contribution < -0.4 is 4.74 Å². The van der Waals surface area contributed by atoms with Crippen molar-refractivity contribution in [2.24, 2.45) is 11.8 Å².